The van der Waals surface area contributed by atoms with Crippen LogP contribution in [0.25, 0.3) is 0 Å². The molecule has 106 valence electrons. The maximum atomic E-state index is 5.43. The maximum Gasteiger partial charge on any atom is 0.183 e. The number of nitrogens with zero attached hydrogens (tertiary/aromatic N) is 2. The molecule has 1 atom stereocenters. The van der Waals surface area contributed by atoms with Crippen LogP contribution < -0.4 is 9.47 Å². The van der Waals surface area contributed by atoms with E-state index in [9.17, 15) is 0 Å². The third kappa shape index (κ3) is 3.60. The molecule has 4 nitrogen and oxygen atoms in total. The van der Waals surface area contributed by atoms with E-state index >= 15 is 0 Å². The van der Waals surface area contributed by atoms with Gasteiger partial charge < -0.3 is 9.47 Å². The van der Waals surface area contributed by atoms with Crippen LogP contribution in [0.15, 0.2) is 12.3 Å². The van der Waals surface area contributed by atoms with Gasteiger partial charge in [-0.2, -0.15) is 0 Å². The summed E-state index contributed by atoms with van der Waals surface area (Å²) in [6, 6.07) is 1.83. The zero-order valence-corrected chi connectivity index (χ0v) is 13.1. The van der Waals surface area contributed by atoms with Gasteiger partial charge in [-0.3, -0.25) is 9.88 Å². The number of alkyl halides is 1. The van der Waals surface area contributed by atoms with Gasteiger partial charge in [-0.25, -0.2) is 0 Å². The molecule has 0 N–H and O–H groups in total. The van der Waals surface area contributed by atoms with Crippen molar-refractivity contribution >= 4 is 15.9 Å². The average molecular weight is 329 g/mol. The first kappa shape index (κ1) is 14.6. The van der Waals surface area contributed by atoms with Gasteiger partial charge in [-0.1, -0.05) is 15.9 Å². The van der Waals surface area contributed by atoms with Crippen LogP contribution in [0.2, 0.25) is 0 Å². The van der Waals surface area contributed by atoms with E-state index in [4.69, 9.17) is 9.47 Å². The SMILES string of the molecule is COc1ccnc(CN2CCC(CCBr)C2)c1OC. The van der Waals surface area contributed by atoms with Gasteiger partial charge in [0.25, 0.3) is 0 Å². The Labute approximate surface area is 123 Å². The standard InChI is InChI=1S/C14H21BrN2O2/c1-18-13-4-7-16-12(14(13)19-2)10-17-8-5-11(9-17)3-6-15/h4,7,11H,3,5-6,8-10H2,1-2H3. The van der Waals surface area contributed by atoms with Crippen LogP contribution in [0, 0.1) is 5.92 Å². The number of hydrogen-bond acceptors (Lipinski definition) is 4. The minimum Gasteiger partial charge on any atom is -0.493 e. The quantitative estimate of drug-likeness (QED) is 0.752. The monoisotopic (exact) mass is 328 g/mol. The molecule has 1 saturated heterocycles. The summed E-state index contributed by atoms with van der Waals surface area (Å²) in [7, 11) is 3.32. The zero-order chi connectivity index (χ0) is 13.7. The highest BCUT2D eigenvalue weighted by atomic mass is 79.9. The average Bonchev–Trinajstić information content (AvgIpc) is 2.86. The van der Waals surface area contributed by atoms with E-state index in [1.807, 2.05) is 6.07 Å². The van der Waals surface area contributed by atoms with Gasteiger partial charge in [0.2, 0.25) is 0 Å². The van der Waals surface area contributed by atoms with Gasteiger partial charge in [0.15, 0.2) is 11.5 Å². The Hall–Kier alpha value is -0.810. The summed E-state index contributed by atoms with van der Waals surface area (Å²) in [6.45, 7) is 3.12. The minimum atomic E-state index is 0.753. The fraction of sp³-hybridized carbons (Fsp3) is 0.643. The summed E-state index contributed by atoms with van der Waals surface area (Å²) >= 11 is 3.52. The van der Waals surface area contributed by atoms with E-state index < -0.39 is 0 Å². The third-order valence-electron chi connectivity index (χ3n) is 3.63. The molecule has 2 rings (SSSR count). The van der Waals surface area contributed by atoms with Crippen molar-refractivity contribution in [3.05, 3.63) is 18.0 Å². The number of halogens is 1. The Morgan fingerprint density at radius 3 is 2.95 bits per heavy atom. The second-order valence-electron chi connectivity index (χ2n) is 4.86. The molecule has 0 radical (unpaired) electrons. The number of aromatic nitrogens is 1. The van der Waals surface area contributed by atoms with Crippen LogP contribution in [0.3, 0.4) is 0 Å². The molecule has 0 aliphatic carbocycles. The summed E-state index contributed by atoms with van der Waals surface area (Å²) in [6.07, 6.45) is 4.31. The van der Waals surface area contributed by atoms with E-state index in [0.717, 1.165) is 48.1 Å². The Kier molecular flexibility index (Phi) is 5.45. The molecule has 0 spiro atoms. The molecule has 5 heteroatoms. The Bertz CT molecular complexity index is 414. The second kappa shape index (κ2) is 7.10. The Morgan fingerprint density at radius 1 is 1.42 bits per heavy atom. The summed E-state index contributed by atoms with van der Waals surface area (Å²) in [5, 5.41) is 1.09. The highest BCUT2D eigenvalue weighted by Gasteiger charge is 2.23. The van der Waals surface area contributed by atoms with Crippen molar-refractivity contribution in [1.82, 2.24) is 9.88 Å². The normalized spacial score (nSPS) is 19.6. The first-order valence-electron chi connectivity index (χ1n) is 6.62. The first-order valence-corrected chi connectivity index (χ1v) is 7.74. The molecule has 2 heterocycles. The molecule has 1 aromatic rings. The smallest absolute Gasteiger partial charge is 0.183 e. The number of rotatable bonds is 6. The van der Waals surface area contributed by atoms with Crippen LogP contribution in [0.1, 0.15) is 18.5 Å². The molecule has 1 unspecified atom stereocenters. The molecule has 1 aliphatic rings. The minimum absolute atomic E-state index is 0.753. The fourth-order valence-corrected chi connectivity index (χ4v) is 3.27. The highest BCUT2D eigenvalue weighted by molar-refractivity contribution is 9.09. The van der Waals surface area contributed by atoms with Gasteiger partial charge in [0.1, 0.15) is 5.69 Å². The molecule has 0 amide bonds. The lowest BCUT2D eigenvalue weighted by atomic mass is 10.1. The summed E-state index contributed by atoms with van der Waals surface area (Å²) in [5.41, 5.74) is 0.960. The van der Waals surface area contributed by atoms with Gasteiger partial charge >= 0.3 is 0 Å². The number of hydrogen-bond donors (Lipinski definition) is 0. The van der Waals surface area contributed by atoms with Crippen molar-refractivity contribution in [2.45, 2.75) is 19.4 Å². The van der Waals surface area contributed by atoms with Crippen molar-refractivity contribution in [1.29, 1.82) is 0 Å². The highest BCUT2D eigenvalue weighted by Crippen LogP contribution is 2.31. The van der Waals surface area contributed by atoms with Crippen molar-refractivity contribution in [3.63, 3.8) is 0 Å². The second-order valence-corrected chi connectivity index (χ2v) is 5.65. The summed E-state index contributed by atoms with van der Waals surface area (Å²) in [4.78, 5) is 6.88. The molecule has 1 aromatic heterocycles. The largest absolute Gasteiger partial charge is 0.493 e. The van der Waals surface area contributed by atoms with Crippen LogP contribution >= 0.6 is 15.9 Å². The van der Waals surface area contributed by atoms with Gasteiger partial charge in [0, 0.05) is 30.7 Å². The van der Waals surface area contributed by atoms with Crippen molar-refractivity contribution < 1.29 is 9.47 Å². The maximum absolute atomic E-state index is 5.43. The van der Waals surface area contributed by atoms with E-state index in [1.165, 1.54) is 12.8 Å². The van der Waals surface area contributed by atoms with Gasteiger partial charge in [-0.05, 0) is 25.3 Å². The molecule has 1 aliphatic heterocycles. The third-order valence-corrected chi connectivity index (χ3v) is 4.08. The zero-order valence-electron chi connectivity index (χ0n) is 11.6. The van der Waals surface area contributed by atoms with E-state index in [1.54, 1.807) is 20.4 Å². The fourth-order valence-electron chi connectivity index (χ4n) is 2.62. The topological polar surface area (TPSA) is 34.6 Å². The van der Waals surface area contributed by atoms with E-state index in [2.05, 4.69) is 25.8 Å². The molecule has 1 fully saturated rings. The lowest BCUT2D eigenvalue weighted by molar-refractivity contribution is 0.296. The van der Waals surface area contributed by atoms with Gasteiger partial charge in [-0.15, -0.1) is 0 Å². The summed E-state index contributed by atoms with van der Waals surface area (Å²) < 4.78 is 10.7. The predicted octanol–water partition coefficient (Wildman–Crippen LogP) is 2.71. The molecule has 19 heavy (non-hydrogen) atoms. The Morgan fingerprint density at radius 2 is 2.26 bits per heavy atom. The van der Waals surface area contributed by atoms with Crippen LogP contribution in [0.5, 0.6) is 11.5 Å². The van der Waals surface area contributed by atoms with Crippen LogP contribution in [-0.4, -0.2) is 42.5 Å². The van der Waals surface area contributed by atoms with Gasteiger partial charge in [0.05, 0.1) is 14.2 Å². The molecule has 0 saturated carbocycles. The van der Waals surface area contributed by atoms with Crippen molar-refractivity contribution in [2.75, 3.05) is 32.6 Å². The van der Waals surface area contributed by atoms with E-state index in [-0.39, 0.29) is 0 Å². The van der Waals surface area contributed by atoms with Crippen molar-refractivity contribution in [2.24, 2.45) is 5.92 Å². The molecule has 0 aromatic carbocycles. The van der Waals surface area contributed by atoms with Crippen LogP contribution in [-0.2, 0) is 6.54 Å². The molecule has 0 bridgehead atoms. The molecular weight excluding hydrogens is 308 g/mol. The number of ether oxygens (including phenoxy) is 2. The lowest BCUT2D eigenvalue weighted by Gasteiger charge is -2.18. The summed E-state index contributed by atoms with van der Waals surface area (Å²) in [5.74, 6) is 2.31. The Balaban J connectivity index is 2.03. The van der Waals surface area contributed by atoms with Crippen molar-refractivity contribution in [3.8, 4) is 11.5 Å². The number of pyridine rings is 1. The van der Waals surface area contributed by atoms with Crippen LogP contribution in [0.4, 0.5) is 0 Å². The number of methoxy groups -OCH3 is 2. The first-order chi connectivity index (χ1) is 9.28. The molecular formula is C14H21BrN2O2. The lowest BCUT2D eigenvalue weighted by Crippen LogP contribution is -2.21. The van der Waals surface area contributed by atoms with E-state index in [0.29, 0.717) is 0 Å². The number of likely N-dealkylation sites (tertiary alicyclic amines) is 1. The predicted molar refractivity (Wildman–Crippen MR) is 79.1 cm³/mol.